The summed E-state index contributed by atoms with van der Waals surface area (Å²) in [6, 6.07) is 0. The van der Waals surface area contributed by atoms with Gasteiger partial charge in [-0.15, -0.1) is 0 Å². The molecule has 0 spiro atoms. The molecule has 2 atom stereocenters. The number of nitrogen functional groups attached to an aromatic ring is 1. The van der Waals surface area contributed by atoms with Gasteiger partial charge in [-0.2, -0.15) is 11.8 Å². The maximum atomic E-state index is 10.4. The van der Waals surface area contributed by atoms with Gasteiger partial charge in [-0.25, -0.2) is 9.97 Å². The fourth-order valence-corrected chi connectivity index (χ4v) is 4.50. The number of unbranched alkanes of at least 4 members (excludes halogenated alkanes) is 1. The zero-order valence-electron chi connectivity index (χ0n) is 14.6. The molecule has 1 aliphatic rings. The van der Waals surface area contributed by atoms with E-state index < -0.39 is 0 Å². The summed E-state index contributed by atoms with van der Waals surface area (Å²) in [5, 5.41) is 10.4. The Bertz CT molecular complexity index is 680. The van der Waals surface area contributed by atoms with E-state index in [1.807, 2.05) is 18.0 Å². The zero-order valence-corrected chi connectivity index (χ0v) is 15.5. The van der Waals surface area contributed by atoms with Crippen LogP contribution in [0.1, 0.15) is 18.4 Å². The van der Waals surface area contributed by atoms with E-state index in [9.17, 15) is 5.11 Å². The summed E-state index contributed by atoms with van der Waals surface area (Å²) in [6.45, 7) is 3.23. The lowest BCUT2D eigenvalue weighted by Gasteiger charge is -2.15. The summed E-state index contributed by atoms with van der Waals surface area (Å²) >= 11 is 1.93. The summed E-state index contributed by atoms with van der Waals surface area (Å²) in [7, 11) is 1.74. The van der Waals surface area contributed by atoms with E-state index in [2.05, 4.69) is 19.9 Å². The van der Waals surface area contributed by atoms with Crippen LogP contribution in [0.4, 0.5) is 5.82 Å². The normalized spacial score (nSPS) is 21.4. The van der Waals surface area contributed by atoms with Crippen LogP contribution >= 0.6 is 11.8 Å². The van der Waals surface area contributed by atoms with Gasteiger partial charge in [0.25, 0.3) is 0 Å². The third kappa shape index (κ3) is 4.63. The van der Waals surface area contributed by atoms with Crippen LogP contribution in [0, 0.1) is 5.92 Å². The molecule has 4 N–H and O–H groups in total. The number of aromatic nitrogens is 3. The van der Waals surface area contributed by atoms with Gasteiger partial charge < -0.3 is 20.6 Å². The van der Waals surface area contributed by atoms with Crippen LogP contribution in [0.3, 0.4) is 0 Å². The fraction of sp³-hybridized carbons (Fsp3) is 0.647. The fourth-order valence-electron chi connectivity index (χ4n) is 3.29. The topological polar surface area (TPSA) is 100 Å². The molecule has 25 heavy (non-hydrogen) atoms. The number of rotatable bonds is 9. The van der Waals surface area contributed by atoms with Crippen molar-refractivity contribution < 1.29 is 9.84 Å². The van der Waals surface area contributed by atoms with Gasteiger partial charge in [-0.05, 0) is 24.3 Å². The number of methoxy groups -OCH3 is 1. The van der Waals surface area contributed by atoms with Crippen LogP contribution in [0.5, 0.6) is 0 Å². The van der Waals surface area contributed by atoms with Crippen LogP contribution in [0.15, 0.2) is 12.5 Å². The van der Waals surface area contributed by atoms with E-state index in [4.69, 9.17) is 10.5 Å². The molecular formula is C17H27N5O2S. The number of β-amino-alcohol motifs (C(OH)–C–C–N with tert-alkyl or cyclic N) is 1. The van der Waals surface area contributed by atoms with Crippen LogP contribution in [0.2, 0.25) is 0 Å². The molecule has 2 aromatic rings. The molecule has 3 rings (SSSR count). The van der Waals surface area contributed by atoms with Crippen LogP contribution < -0.4 is 5.73 Å². The number of nitrogens with one attached hydrogen (secondary N) is 1. The number of hydrogen-bond donors (Lipinski definition) is 3. The highest BCUT2D eigenvalue weighted by atomic mass is 32.2. The van der Waals surface area contributed by atoms with Crippen molar-refractivity contribution in [2.45, 2.75) is 25.5 Å². The molecule has 138 valence electrons. The number of aliphatic hydroxyl groups is 1. The highest BCUT2D eigenvalue weighted by Gasteiger charge is 2.31. The number of ether oxygens (including phenoxy) is 1. The second-order valence-electron chi connectivity index (χ2n) is 6.59. The van der Waals surface area contributed by atoms with E-state index >= 15 is 0 Å². The Morgan fingerprint density at radius 1 is 1.40 bits per heavy atom. The molecule has 0 radical (unpaired) electrons. The van der Waals surface area contributed by atoms with Crippen molar-refractivity contribution in [3.05, 3.63) is 18.1 Å². The monoisotopic (exact) mass is 365 g/mol. The van der Waals surface area contributed by atoms with Crippen molar-refractivity contribution >= 4 is 28.6 Å². The van der Waals surface area contributed by atoms with Crippen molar-refractivity contribution in [1.82, 2.24) is 19.9 Å². The first-order valence-corrected chi connectivity index (χ1v) is 9.88. The summed E-state index contributed by atoms with van der Waals surface area (Å²) in [5.74, 6) is 2.94. The van der Waals surface area contributed by atoms with Crippen molar-refractivity contribution in [3.63, 3.8) is 0 Å². The first kappa shape index (κ1) is 18.4. The molecule has 0 aliphatic carbocycles. The molecule has 2 aromatic heterocycles. The summed E-state index contributed by atoms with van der Waals surface area (Å²) in [4.78, 5) is 13.8. The van der Waals surface area contributed by atoms with Gasteiger partial charge in [-0.1, -0.05) is 0 Å². The lowest BCUT2D eigenvalue weighted by Crippen LogP contribution is -2.21. The predicted octanol–water partition coefficient (Wildman–Crippen LogP) is 1.49. The molecule has 7 nitrogen and oxygen atoms in total. The minimum Gasteiger partial charge on any atom is -0.391 e. The maximum absolute atomic E-state index is 10.4. The molecule has 1 fully saturated rings. The number of aliphatic hydroxyl groups excluding tert-OH is 1. The number of anilines is 1. The largest absolute Gasteiger partial charge is 0.391 e. The first-order chi connectivity index (χ1) is 12.2. The Morgan fingerprint density at radius 3 is 3.12 bits per heavy atom. The van der Waals surface area contributed by atoms with Crippen molar-refractivity contribution in [1.29, 1.82) is 0 Å². The number of hydrogen-bond acceptors (Lipinski definition) is 7. The Morgan fingerprint density at radius 2 is 2.28 bits per heavy atom. The molecule has 1 saturated heterocycles. The minimum absolute atomic E-state index is 0.253. The molecule has 2 unspecified atom stereocenters. The van der Waals surface area contributed by atoms with Crippen molar-refractivity contribution in [2.24, 2.45) is 5.92 Å². The number of H-pyrrole nitrogens is 1. The van der Waals surface area contributed by atoms with Crippen LogP contribution in [-0.2, 0) is 11.3 Å². The maximum Gasteiger partial charge on any atom is 0.151 e. The summed E-state index contributed by atoms with van der Waals surface area (Å²) in [6.07, 6.45) is 5.46. The van der Waals surface area contributed by atoms with Crippen LogP contribution in [-0.4, -0.2) is 69.4 Å². The number of aromatic amines is 1. The molecule has 8 heteroatoms. The first-order valence-electron chi connectivity index (χ1n) is 8.72. The van der Waals surface area contributed by atoms with Gasteiger partial charge in [0.05, 0.1) is 11.6 Å². The average molecular weight is 366 g/mol. The van der Waals surface area contributed by atoms with E-state index in [1.165, 1.54) is 12.7 Å². The van der Waals surface area contributed by atoms with Gasteiger partial charge >= 0.3 is 0 Å². The van der Waals surface area contributed by atoms with E-state index in [1.54, 1.807) is 7.11 Å². The number of nitrogens with zero attached hydrogens (tertiary/aromatic N) is 3. The van der Waals surface area contributed by atoms with Crippen molar-refractivity contribution in [2.75, 3.05) is 44.0 Å². The third-order valence-corrected chi connectivity index (χ3v) is 5.91. The zero-order chi connectivity index (χ0) is 17.6. The minimum atomic E-state index is -0.253. The SMILES string of the molecule is COCCCCSCC1CN(Cc2c[nH]c3c(N)ncnc23)CC1O. The molecule has 1 aliphatic heterocycles. The van der Waals surface area contributed by atoms with Gasteiger partial charge in [0.2, 0.25) is 0 Å². The van der Waals surface area contributed by atoms with Gasteiger partial charge in [0.15, 0.2) is 5.82 Å². The Balaban J connectivity index is 1.49. The molecular weight excluding hydrogens is 338 g/mol. The second kappa shape index (κ2) is 8.84. The molecule has 3 heterocycles. The molecule has 0 aromatic carbocycles. The van der Waals surface area contributed by atoms with Gasteiger partial charge in [-0.3, -0.25) is 4.90 Å². The standard InChI is InChI=1S/C17H27N5O2S/c1-24-4-2-3-5-25-10-13-8-22(9-14(13)23)7-12-6-19-16-15(12)20-11-21-17(16)18/h6,11,13-14,19,23H,2-5,7-10H2,1H3,(H2,18,20,21). The van der Waals surface area contributed by atoms with E-state index in [0.29, 0.717) is 18.3 Å². The second-order valence-corrected chi connectivity index (χ2v) is 7.74. The highest BCUT2D eigenvalue weighted by molar-refractivity contribution is 7.99. The molecule has 0 amide bonds. The predicted molar refractivity (Wildman–Crippen MR) is 102 cm³/mol. The molecule has 0 bridgehead atoms. The van der Waals surface area contributed by atoms with Crippen LogP contribution in [0.25, 0.3) is 11.0 Å². The quantitative estimate of drug-likeness (QED) is 0.579. The molecule has 0 saturated carbocycles. The smallest absolute Gasteiger partial charge is 0.151 e. The Hall–Kier alpha value is -1.35. The summed E-state index contributed by atoms with van der Waals surface area (Å²) in [5.41, 5.74) is 8.64. The van der Waals surface area contributed by atoms with Gasteiger partial charge in [0.1, 0.15) is 11.8 Å². The van der Waals surface area contributed by atoms with E-state index in [0.717, 1.165) is 54.2 Å². The number of nitrogens with two attached hydrogens (primary N) is 1. The number of likely N-dealkylation sites (tertiary alicyclic amines) is 1. The Kier molecular flexibility index (Phi) is 6.52. The highest BCUT2D eigenvalue weighted by Crippen LogP contribution is 2.26. The Labute approximate surface area is 152 Å². The van der Waals surface area contributed by atoms with E-state index in [-0.39, 0.29) is 6.10 Å². The third-order valence-electron chi connectivity index (χ3n) is 4.67. The van der Waals surface area contributed by atoms with Gasteiger partial charge in [0, 0.05) is 51.0 Å². The lowest BCUT2D eigenvalue weighted by molar-refractivity contribution is 0.149. The van der Waals surface area contributed by atoms with Crippen molar-refractivity contribution in [3.8, 4) is 0 Å². The number of thioether (sulfide) groups is 1. The average Bonchev–Trinajstić information content (AvgIpc) is 3.16. The lowest BCUT2D eigenvalue weighted by atomic mass is 10.1. The summed E-state index contributed by atoms with van der Waals surface area (Å²) < 4.78 is 5.07. The number of fused-ring (bicyclic) bond motifs is 1.